The maximum absolute atomic E-state index is 11.8. The molecule has 4 nitrogen and oxygen atoms in total. The highest BCUT2D eigenvalue weighted by atomic mass is 16.3. The van der Waals surface area contributed by atoms with Crippen molar-refractivity contribution in [2.24, 2.45) is 5.84 Å². The third-order valence-electron chi connectivity index (χ3n) is 2.40. The zero-order valence-electron chi connectivity index (χ0n) is 9.52. The summed E-state index contributed by atoms with van der Waals surface area (Å²) in [4.78, 5) is 11.8. The van der Waals surface area contributed by atoms with E-state index in [0.717, 1.165) is 24.3 Å². The number of phenolic OH excluding ortho intramolecular Hbond substituents is 1. The molecule has 88 valence electrons. The second kappa shape index (κ2) is 6.12. The number of nitrogens with zero attached hydrogens (tertiary/aromatic N) is 1. The van der Waals surface area contributed by atoms with Gasteiger partial charge in [-0.2, -0.15) is 0 Å². The van der Waals surface area contributed by atoms with Crippen molar-refractivity contribution in [3.8, 4) is 5.75 Å². The van der Waals surface area contributed by atoms with Crippen LogP contribution in [-0.4, -0.2) is 22.6 Å². The van der Waals surface area contributed by atoms with E-state index in [1.54, 1.807) is 18.2 Å². The van der Waals surface area contributed by atoms with Gasteiger partial charge in [-0.25, -0.2) is 5.84 Å². The summed E-state index contributed by atoms with van der Waals surface area (Å²) in [6, 6.07) is 6.42. The summed E-state index contributed by atoms with van der Waals surface area (Å²) in [6.07, 6.45) is 3.01. The van der Waals surface area contributed by atoms with E-state index < -0.39 is 0 Å². The molecule has 0 aliphatic rings. The van der Waals surface area contributed by atoms with E-state index in [2.05, 4.69) is 6.92 Å². The number of benzene rings is 1. The molecule has 3 N–H and O–H groups in total. The molecule has 16 heavy (non-hydrogen) atoms. The first-order valence-electron chi connectivity index (χ1n) is 5.51. The van der Waals surface area contributed by atoms with Crippen molar-refractivity contribution >= 4 is 5.91 Å². The van der Waals surface area contributed by atoms with Crippen LogP contribution in [0.4, 0.5) is 0 Å². The SMILES string of the molecule is CCCCCN(N)C(=O)c1ccccc1O. The first-order chi connectivity index (χ1) is 7.66. The second-order valence-corrected chi connectivity index (χ2v) is 3.72. The molecule has 0 heterocycles. The van der Waals surface area contributed by atoms with Crippen molar-refractivity contribution in [2.75, 3.05) is 6.54 Å². The molecule has 0 unspecified atom stereocenters. The van der Waals surface area contributed by atoms with E-state index >= 15 is 0 Å². The number of carbonyl (C=O) groups is 1. The van der Waals surface area contributed by atoms with E-state index in [1.807, 2.05) is 0 Å². The zero-order valence-corrected chi connectivity index (χ0v) is 9.52. The third-order valence-corrected chi connectivity index (χ3v) is 2.40. The molecule has 0 aromatic heterocycles. The number of amides is 1. The third kappa shape index (κ3) is 3.24. The van der Waals surface area contributed by atoms with Gasteiger partial charge in [0.1, 0.15) is 5.75 Å². The minimum absolute atomic E-state index is 0.0292. The van der Waals surface area contributed by atoms with Crippen LogP contribution in [0, 0.1) is 0 Å². The van der Waals surface area contributed by atoms with Gasteiger partial charge in [-0.3, -0.25) is 9.80 Å². The molecule has 0 spiro atoms. The van der Waals surface area contributed by atoms with Gasteiger partial charge in [0.05, 0.1) is 5.56 Å². The van der Waals surface area contributed by atoms with Crippen molar-refractivity contribution in [1.82, 2.24) is 5.01 Å². The number of unbranched alkanes of at least 4 members (excludes halogenated alkanes) is 2. The van der Waals surface area contributed by atoms with Crippen molar-refractivity contribution < 1.29 is 9.90 Å². The highest BCUT2D eigenvalue weighted by molar-refractivity contribution is 5.96. The quantitative estimate of drug-likeness (QED) is 0.346. The van der Waals surface area contributed by atoms with Crippen molar-refractivity contribution in [2.45, 2.75) is 26.2 Å². The summed E-state index contributed by atoms with van der Waals surface area (Å²) in [5.74, 6) is 5.26. The molecule has 0 aliphatic carbocycles. The van der Waals surface area contributed by atoms with Gasteiger partial charge in [0, 0.05) is 6.54 Å². The molecule has 0 saturated heterocycles. The lowest BCUT2D eigenvalue weighted by atomic mass is 10.2. The molecule has 0 radical (unpaired) electrons. The van der Waals surface area contributed by atoms with E-state index in [0.29, 0.717) is 6.54 Å². The molecule has 1 amide bonds. The van der Waals surface area contributed by atoms with Crippen LogP contribution in [-0.2, 0) is 0 Å². The topological polar surface area (TPSA) is 66.6 Å². The molecule has 0 fully saturated rings. The molecular formula is C12H18N2O2. The first-order valence-corrected chi connectivity index (χ1v) is 5.51. The number of nitrogens with two attached hydrogens (primary N) is 1. The first kappa shape index (κ1) is 12.5. The fourth-order valence-electron chi connectivity index (χ4n) is 1.44. The average Bonchev–Trinajstić information content (AvgIpc) is 2.29. The Hall–Kier alpha value is -1.55. The average molecular weight is 222 g/mol. The Kier molecular flexibility index (Phi) is 4.79. The minimum atomic E-state index is -0.339. The summed E-state index contributed by atoms with van der Waals surface area (Å²) in [7, 11) is 0. The second-order valence-electron chi connectivity index (χ2n) is 3.72. The normalized spacial score (nSPS) is 10.1. The van der Waals surface area contributed by atoms with E-state index in [9.17, 15) is 9.90 Å². The van der Waals surface area contributed by atoms with Crippen molar-refractivity contribution in [3.05, 3.63) is 29.8 Å². The van der Waals surface area contributed by atoms with E-state index in [-0.39, 0.29) is 17.2 Å². The molecule has 1 aromatic carbocycles. The number of hydrazine groups is 1. The van der Waals surface area contributed by atoms with Gasteiger partial charge in [0.2, 0.25) is 0 Å². The highest BCUT2D eigenvalue weighted by Gasteiger charge is 2.14. The summed E-state index contributed by atoms with van der Waals surface area (Å²) in [6.45, 7) is 2.60. The van der Waals surface area contributed by atoms with Crippen LogP contribution in [0.1, 0.15) is 36.5 Å². The zero-order chi connectivity index (χ0) is 12.0. The predicted molar refractivity (Wildman–Crippen MR) is 62.9 cm³/mol. The van der Waals surface area contributed by atoms with Gasteiger partial charge in [-0.15, -0.1) is 0 Å². The maximum Gasteiger partial charge on any atom is 0.271 e. The molecular weight excluding hydrogens is 204 g/mol. The van der Waals surface area contributed by atoms with Crippen LogP contribution in [0.25, 0.3) is 0 Å². The smallest absolute Gasteiger partial charge is 0.271 e. The number of hydrogen-bond acceptors (Lipinski definition) is 3. The van der Waals surface area contributed by atoms with Crippen LogP contribution in [0.5, 0.6) is 5.75 Å². The lowest BCUT2D eigenvalue weighted by Gasteiger charge is -2.16. The Morgan fingerprint density at radius 3 is 2.69 bits per heavy atom. The van der Waals surface area contributed by atoms with Crippen LogP contribution in [0.3, 0.4) is 0 Å². The fourth-order valence-corrected chi connectivity index (χ4v) is 1.44. The summed E-state index contributed by atoms with van der Waals surface area (Å²) in [5.41, 5.74) is 0.251. The van der Waals surface area contributed by atoms with Crippen molar-refractivity contribution in [1.29, 1.82) is 0 Å². The molecule has 4 heteroatoms. The van der Waals surface area contributed by atoms with Gasteiger partial charge in [-0.1, -0.05) is 31.9 Å². The Morgan fingerprint density at radius 1 is 1.38 bits per heavy atom. The van der Waals surface area contributed by atoms with Crippen molar-refractivity contribution in [3.63, 3.8) is 0 Å². The molecule has 0 atom stereocenters. The molecule has 0 bridgehead atoms. The van der Waals surface area contributed by atoms with E-state index in [4.69, 9.17) is 5.84 Å². The minimum Gasteiger partial charge on any atom is -0.507 e. The Labute approximate surface area is 95.6 Å². The Bertz CT molecular complexity index is 353. The number of phenols is 1. The lowest BCUT2D eigenvalue weighted by Crippen LogP contribution is -2.38. The largest absolute Gasteiger partial charge is 0.507 e. The Balaban J connectivity index is 2.60. The van der Waals surface area contributed by atoms with Gasteiger partial charge in [-0.05, 0) is 18.6 Å². The van der Waals surface area contributed by atoms with Crippen LogP contribution >= 0.6 is 0 Å². The Morgan fingerprint density at radius 2 is 2.06 bits per heavy atom. The predicted octanol–water partition coefficient (Wildman–Crippen LogP) is 1.90. The van der Waals surface area contributed by atoms with Gasteiger partial charge >= 0.3 is 0 Å². The van der Waals surface area contributed by atoms with Crippen LogP contribution < -0.4 is 5.84 Å². The maximum atomic E-state index is 11.8. The van der Waals surface area contributed by atoms with Gasteiger partial charge < -0.3 is 5.11 Å². The van der Waals surface area contributed by atoms with Crippen LogP contribution in [0.2, 0.25) is 0 Å². The number of hydrogen-bond donors (Lipinski definition) is 2. The number of para-hydroxylation sites is 1. The molecule has 1 aromatic rings. The van der Waals surface area contributed by atoms with E-state index in [1.165, 1.54) is 6.07 Å². The van der Waals surface area contributed by atoms with Gasteiger partial charge in [0.15, 0.2) is 0 Å². The summed E-state index contributed by atoms with van der Waals surface area (Å²) < 4.78 is 0. The number of carbonyl (C=O) groups excluding carboxylic acids is 1. The lowest BCUT2D eigenvalue weighted by molar-refractivity contribution is 0.0749. The molecule has 0 saturated carbocycles. The highest BCUT2D eigenvalue weighted by Crippen LogP contribution is 2.16. The summed E-state index contributed by atoms with van der Waals surface area (Å²) >= 11 is 0. The molecule has 0 aliphatic heterocycles. The monoisotopic (exact) mass is 222 g/mol. The summed E-state index contributed by atoms with van der Waals surface area (Å²) in [5, 5.41) is 10.7. The number of aromatic hydroxyl groups is 1. The molecule has 1 rings (SSSR count). The van der Waals surface area contributed by atoms with Gasteiger partial charge in [0.25, 0.3) is 5.91 Å². The van der Waals surface area contributed by atoms with Crippen LogP contribution in [0.15, 0.2) is 24.3 Å². The number of rotatable bonds is 5. The fraction of sp³-hybridized carbons (Fsp3) is 0.417. The standard InChI is InChI=1S/C12H18N2O2/c1-2-3-6-9-14(13)12(16)10-7-4-5-8-11(10)15/h4-5,7-8,15H,2-3,6,9,13H2,1H3.